The molecule has 0 radical (unpaired) electrons. The van der Waals surface area contributed by atoms with Crippen LogP contribution < -0.4 is 14.8 Å². The standard InChI is InChI=1S/C12H15NO4/c1-8(13-9(2)14)12(15)17-11-6-4-10(16-3)5-7-11/h4-8H,1-3H3,(H,13,14)/t8-/m0/s1. The van der Waals surface area contributed by atoms with Crippen LogP contribution in [0.1, 0.15) is 13.8 Å². The summed E-state index contributed by atoms with van der Waals surface area (Å²) in [5.41, 5.74) is 0. The highest BCUT2D eigenvalue weighted by Gasteiger charge is 2.15. The van der Waals surface area contributed by atoms with E-state index in [1.54, 1.807) is 38.3 Å². The van der Waals surface area contributed by atoms with E-state index in [0.29, 0.717) is 11.5 Å². The largest absolute Gasteiger partial charge is 0.497 e. The van der Waals surface area contributed by atoms with Gasteiger partial charge < -0.3 is 14.8 Å². The molecule has 0 aromatic heterocycles. The van der Waals surface area contributed by atoms with Crippen LogP contribution in [0.4, 0.5) is 0 Å². The second-order valence-corrected chi connectivity index (χ2v) is 3.52. The molecule has 0 aliphatic rings. The van der Waals surface area contributed by atoms with Gasteiger partial charge in [0.1, 0.15) is 17.5 Å². The summed E-state index contributed by atoms with van der Waals surface area (Å²) >= 11 is 0. The maximum Gasteiger partial charge on any atom is 0.333 e. The smallest absolute Gasteiger partial charge is 0.333 e. The van der Waals surface area contributed by atoms with E-state index in [1.807, 2.05) is 0 Å². The van der Waals surface area contributed by atoms with Crippen molar-refractivity contribution in [3.05, 3.63) is 24.3 Å². The van der Waals surface area contributed by atoms with Crippen molar-refractivity contribution in [1.82, 2.24) is 5.32 Å². The number of amides is 1. The van der Waals surface area contributed by atoms with Gasteiger partial charge in [0.2, 0.25) is 5.91 Å². The Balaban J connectivity index is 2.58. The number of hydrogen-bond donors (Lipinski definition) is 1. The maximum atomic E-state index is 11.5. The van der Waals surface area contributed by atoms with E-state index < -0.39 is 12.0 Å². The Bertz CT molecular complexity index is 399. The van der Waals surface area contributed by atoms with Crippen LogP contribution in [-0.2, 0) is 9.59 Å². The van der Waals surface area contributed by atoms with E-state index in [4.69, 9.17) is 9.47 Å². The lowest BCUT2D eigenvalue weighted by Crippen LogP contribution is -2.39. The van der Waals surface area contributed by atoms with Crippen molar-refractivity contribution >= 4 is 11.9 Å². The number of carbonyl (C=O) groups is 2. The second kappa shape index (κ2) is 5.89. The molecule has 92 valence electrons. The molecular formula is C12H15NO4. The Morgan fingerprint density at radius 2 is 1.71 bits per heavy atom. The molecule has 0 heterocycles. The molecule has 1 rings (SSSR count). The fourth-order valence-corrected chi connectivity index (χ4v) is 1.21. The monoisotopic (exact) mass is 237 g/mol. The first kappa shape index (κ1) is 13.0. The molecule has 1 amide bonds. The summed E-state index contributed by atoms with van der Waals surface area (Å²) in [6, 6.07) is 5.95. The van der Waals surface area contributed by atoms with Crippen molar-refractivity contribution in [1.29, 1.82) is 0 Å². The zero-order valence-corrected chi connectivity index (χ0v) is 10.0. The summed E-state index contributed by atoms with van der Waals surface area (Å²) in [7, 11) is 1.56. The molecule has 0 saturated carbocycles. The average molecular weight is 237 g/mol. The van der Waals surface area contributed by atoms with E-state index in [9.17, 15) is 9.59 Å². The van der Waals surface area contributed by atoms with Crippen LogP contribution in [0.5, 0.6) is 11.5 Å². The fraction of sp³-hybridized carbons (Fsp3) is 0.333. The first-order chi connectivity index (χ1) is 8.02. The third-order valence-corrected chi connectivity index (χ3v) is 2.05. The molecule has 0 fully saturated rings. The van der Waals surface area contributed by atoms with Crippen molar-refractivity contribution in [2.75, 3.05) is 7.11 Å². The van der Waals surface area contributed by atoms with Crippen LogP contribution in [0, 0.1) is 0 Å². The van der Waals surface area contributed by atoms with Gasteiger partial charge in [-0.15, -0.1) is 0 Å². The summed E-state index contributed by atoms with van der Waals surface area (Å²) in [6.07, 6.45) is 0. The van der Waals surface area contributed by atoms with Crippen molar-refractivity contribution < 1.29 is 19.1 Å². The van der Waals surface area contributed by atoms with E-state index in [1.165, 1.54) is 6.92 Å². The van der Waals surface area contributed by atoms with E-state index >= 15 is 0 Å². The molecule has 5 nitrogen and oxygen atoms in total. The minimum absolute atomic E-state index is 0.274. The van der Waals surface area contributed by atoms with Crippen molar-refractivity contribution in [2.45, 2.75) is 19.9 Å². The first-order valence-electron chi connectivity index (χ1n) is 5.15. The van der Waals surface area contributed by atoms with Gasteiger partial charge in [-0.3, -0.25) is 4.79 Å². The molecule has 1 N–H and O–H groups in total. The van der Waals surface area contributed by atoms with E-state index in [-0.39, 0.29) is 5.91 Å². The van der Waals surface area contributed by atoms with Crippen LogP contribution >= 0.6 is 0 Å². The van der Waals surface area contributed by atoms with Gasteiger partial charge >= 0.3 is 5.97 Å². The van der Waals surface area contributed by atoms with Gasteiger partial charge in [-0.1, -0.05) is 0 Å². The van der Waals surface area contributed by atoms with Gasteiger partial charge in [-0.25, -0.2) is 4.79 Å². The van der Waals surface area contributed by atoms with Crippen LogP contribution in [-0.4, -0.2) is 25.0 Å². The molecule has 0 aliphatic heterocycles. The molecule has 0 aliphatic carbocycles. The molecule has 0 bridgehead atoms. The fourth-order valence-electron chi connectivity index (χ4n) is 1.21. The summed E-state index contributed by atoms with van der Waals surface area (Å²) in [6.45, 7) is 2.91. The Morgan fingerprint density at radius 3 is 2.18 bits per heavy atom. The topological polar surface area (TPSA) is 64.6 Å². The number of carbonyl (C=O) groups excluding carboxylic acids is 2. The minimum atomic E-state index is -0.672. The molecule has 5 heteroatoms. The van der Waals surface area contributed by atoms with Crippen LogP contribution in [0.2, 0.25) is 0 Å². The highest BCUT2D eigenvalue weighted by molar-refractivity contribution is 5.84. The average Bonchev–Trinajstić information content (AvgIpc) is 2.29. The molecular weight excluding hydrogens is 222 g/mol. The predicted octanol–water partition coefficient (Wildman–Crippen LogP) is 1.13. The third-order valence-electron chi connectivity index (χ3n) is 2.05. The lowest BCUT2D eigenvalue weighted by atomic mass is 10.3. The second-order valence-electron chi connectivity index (χ2n) is 3.52. The van der Waals surface area contributed by atoms with Crippen LogP contribution in [0.3, 0.4) is 0 Å². The highest BCUT2D eigenvalue weighted by Crippen LogP contribution is 2.17. The number of nitrogens with one attached hydrogen (secondary N) is 1. The molecule has 0 spiro atoms. The SMILES string of the molecule is COc1ccc(OC(=O)[C@H](C)NC(C)=O)cc1. The number of hydrogen-bond acceptors (Lipinski definition) is 4. The maximum absolute atomic E-state index is 11.5. The van der Waals surface area contributed by atoms with Gasteiger partial charge in [0.15, 0.2) is 0 Å². The number of benzene rings is 1. The molecule has 1 atom stereocenters. The predicted molar refractivity (Wildman–Crippen MR) is 61.9 cm³/mol. The van der Waals surface area contributed by atoms with Gasteiger partial charge in [-0.2, -0.15) is 0 Å². The van der Waals surface area contributed by atoms with Gasteiger partial charge in [0, 0.05) is 6.92 Å². The quantitative estimate of drug-likeness (QED) is 0.629. The Morgan fingerprint density at radius 1 is 1.18 bits per heavy atom. The summed E-state index contributed by atoms with van der Waals surface area (Å²) < 4.78 is 10.0. The Kier molecular flexibility index (Phi) is 4.51. The van der Waals surface area contributed by atoms with Crippen LogP contribution in [0.25, 0.3) is 0 Å². The molecule has 1 aromatic rings. The van der Waals surface area contributed by atoms with E-state index in [0.717, 1.165) is 0 Å². The molecule has 0 saturated heterocycles. The van der Waals surface area contributed by atoms with Crippen molar-refractivity contribution in [2.24, 2.45) is 0 Å². The lowest BCUT2D eigenvalue weighted by Gasteiger charge is -2.11. The summed E-state index contributed by atoms with van der Waals surface area (Å²) in [4.78, 5) is 22.3. The zero-order chi connectivity index (χ0) is 12.8. The normalized spacial score (nSPS) is 11.5. The summed E-state index contributed by atoms with van der Waals surface area (Å²) in [5, 5.41) is 2.45. The molecule has 1 aromatic carbocycles. The van der Waals surface area contributed by atoms with Gasteiger partial charge in [0.25, 0.3) is 0 Å². The van der Waals surface area contributed by atoms with Gasteiger partial charge in [0.05, 0.1) is 7.11 Å². The molecule has 17 heavy (non-hydrogen) atoms. The number of ether oxygens (including phenoxy) is 2. The summed E-state index contributed by atoms with van der Waals surface area (Å²) in [5.74, 6) is 0.308. The van der Waals surface area contributed by atoms with Crippen LogP contribution in [0.15, 0.2) is 24.3 Å². The number of methoxy groups -OCH3 is 1. The van der Waals surface area contributed by atoms with Crippen molar-refractivity contribution in [3.63, 3.8) is 0 Å². The number of rotatable bonds is 4. The Hall–Kier alpha value is -2.04. The van der Waals surface area contributed by atoms with E-state index in [2.05, 4.69) is 5.32 Å². The highest BCUT2D eigenvalue weighted by atomic mass is 16.5. The zero-order valence-electron chi connectivity index (χ0n) is 10.0. The molecule has 0 unspecified atom stereocenters. The van der Waals surface area contributed by atoms with Crippen molar-refractivity contribution in [3.8, 4) is 11.5 Å². The Labute approximate surface area is 99.7 Å². The third kappa shape index (κ3) is 4.14. The lowest BCUT2D eigenvalue weighted by molar-refractivity contribution is -0.138. The van der Waals surface area contributed by atoms with Gasteiger partial charge in [-0.05, 0) is 31.2 Å². The number of esters is 1. The first-order valence-corrected chi connectivity index (χ1v) is 5.15. The minimum Gasteiger partial charge on any atom is -0.497 e.